The normalized spacial score (nSPS) is 10.7. The number of aromatic nitrogens is 1. The van der Waals surface area contributed by atoms with Gasteiger partial charge < -0.3 is 14.0 Å². The van der Waals surface area contributed by atoms with Crippen LogP contribution in [0.5, 0.6) is 5.75 Å². The number of hydrogen-bond donors (Lipinski definition) is 0. The third kappa shape index (κ3) is 4.46. The Morgan fingerprint density at radius 1 is 1.15 bits per heavy atom. The third-order valence-corrected chi connectivity index (χ3v) is 4.40. The zero-order valence-corrected chi connectivity index (χ0v) is 15.5. The van der Waals surface area contributed by atoms with Gasteiger partial charge in [0.25, 0.3) is 0 Å². The molecule has 0 radical (unpaired) electrons. The molecule has 0 fully saturated rings. The van der Waals surface area contributed by atoms with Crippen LogP contribution in [0.2, 0.25) is 5.02 Å². The van der Waals surface area contributed by atoms with Crippen LogP contribution in [-0.4, -0.2) is 11.1 Å². The average Bonchev–Trinajstić information content (AvgIpc) is 2.97. The van der Waals surface area contributed by atoms with Crippen molar-refractivity contribution in [3.05, 3.63) is 81.4 Å². The molecule has 27 heavy (non-hydrogen) atoms. The molecule has 0 spiro atoms. The van der Waals surface area contributed by atoms with E-state index in [0.29, 0.717) is 17.1 Å². The van der Waals surface area contributed by atoms with Gasteiger partial charge >= 0.3 is 5.97 Å². The van der Waals surface area contributed by atoms with Crippen molar-refractivity contribution < 1.29 is 23.2 Å². The van der Waals surface area contributed by atoms with Crippen molar-refractivity contribution in [2.45, 2.75) is 27.1 Å². The summed E-state index contributed by atoms with van der Waals surface area (Å²) in [5.41, 5.74) is 2.04. The predicted octanol–water partition coefficient (Wildman–Crippen LogP) is 5.02. The first-order valence-electron chi connectivity index (χ1n) is 8.20. The van der Waals surface area contributed by atoms with E-state index in [4.69, 9.17) is 25.6 Å². The van der Waals surface area contributed by atoms with Gasteiger partial charge in [-0.3, -0.25) is 0 Å². The number of benzene rings is 2. The summed E-state index contributed by atoms with van der Waals surface area (Å²) in [4.78, 5) is 12.3. The number of carbonyl (C=O) groups is 1. The Kier molecular flexibility index (Phi) is 5.76. The lowest BCUT2D eigenvalue weighted by atomic mass is 10.2. The molecule has 0 bridgehead atoms. The second-order valence-electron chi connectivity index (χ2n) is 5.90. The zero-order valence-electron chi connectivity index (χ0n) is 14.8. The van der Waals surface area contributed by atoms with Gasteiger partial charge in [-0.2, -0.15) is 0 Å². The Morgan fingerprint density at radius 3 is 2.63 bits per heavy atom. The number of nitrogens with zero attached hydrogens (tertiary/aromatic N) is 1. The first-order valence-corrected chi connectivity index (χ1v) is 8.58. The van der Waals surface area contributed by atoms with Crippen LogP contribution < -0.4 is 4.74 Å². The van der Waals surface area contributed by atoms with Gasteiger partial charge in [0.05, 0.1) is 21.8 Å². The second kappa shape index (κ2) is 8.22. The molecule has 140 valence electrons. The summed E-state index contributed by atoms with van der Waals surface area (Å²) >= 11 is 5.94. The van der Waals surface area contributed by atoms with Crippen molar-refractivity contribution >= 4 is 17.6 Å². The summed E-state index contributed by atoms with van der Waals surface area (Å²) in [7, 11) is 0. The molecular weight excluding hydrogens is 373 g/mol. The summed E-state index contributed by atoms with van der Waals surface area (Å²) in [6.07, 6.45) is 0. The number of esters is 1. The number of aryl methyl sites for hydroxylation is 2. The first kappa shape index (κ1) is 18.9. The van der Waals surface area contributed by atoms with Gasteiger partial charge in [-0.25, -0.2) is 9.18 Å². The van der Waals surface area contributed by atoms with Gasteiger partial charge in [-0.1, -0.05) is 28.9 Å². The van der Waals surface area contributed by atoms with E-state index < -0.39 is 11.8 Å². The highest BCUT2D eigenvalue weighted by atomic mass is 35.5. The fraction of sp³-hybridized carbons (Fsp3) is 0.200. The summed E-state index contributed by atoms with van der Waals surface area (Å²) in [6.45, 7) is 3.65. The number of hydrogen-bond acceptors (Lipinski definition) is 5. The lowest BCUT2D eigenvalue weighted by Gasteiger charge is -2.09. The monoisotopic (exact) mass is 389 g/mol. The van der Waals surface area contributed by atoms with E-state index in [2.05, 4.69) is 5.16 Å². The summed E-state index contributed by atoms with van der Waals surface area (Å²) in [6, 6.07) is 10.8. The van der Waals surface area contributed by atoms with Crippen LogP contribution in [0.3, 0.4) is 0 Å². The van der Waals surface area contributed by atoms with Crippen molar-refractivity contribution in [3.63, 3.8) is 0 Å². The Balaban J connectivity index is 1.65. The second-order valence-corrected chi connectivity index (χ2v) is 6.30. The van der Waals surface area contributed by atoms with Crippen molar-refractivity contribution in [3.8, 4) is 5.75 Å². The van der Waals surface area contributed by atoms with Gasteiger partial charge in [0.2, 0.25) is 0 Å². The molecule has 3 aromatic rings. The van der Waals surface area contributed by atoms with Crippen LogP contribution in [0.4, 0.5) is 4.39 Å². The maximum absolute atomic E-state index is 13.8. The molecule has 2 aromatic carbocycles. The molecule has 0 saturated heterocycles. The minimum atomic E-state index is -0.600. The minimum Gasteiger partial charge on any atom is -0.489 e. The van der Waals surface area contributed by atoms with Crippen LogP contribution in [0, 0.1) is 19.7 Å². The molecule has 0 unspecified atom stereocenters. The van der Waals surface area contributed by atoms with Crippen molar-refractivity contribution in [2.75, 3.05) is 0 Å². The fourth-order valence-corrected chi connectivity index (χ4v) is 2.69. The Bertz CT molecular complexity index is 931. The predicted molar refractivity (Wildman–Crippen MR) is 97.3 cm³/mol. The van der Waals surface area contributed by atoms with Gasteiger partial charge in [0, 0.05) is 5.56 Å². The third-order valence-electron chi connectivity index (χ3n) is 4.04. The molecule has 1 heterocycles. The largest absolute Gasteiger partial charge is 0.489 e. The van der Waals surface area contributed by atoms with Gasteiger partial charge in [-0.15, -0.1) is 0 Å². The molecule has 5 nitrogen and oxygen atoms in total. The molecular formula is C20H17ClFNO4. The average molecular weight is 390 g/mol. The molecule has 0 amide bonds. The molecule has 0 N–H and O–H groups in total. The summed E-state index contributed by atoms with van der Waals surface area (Å²) in [5, 5.41) is 4.08. The fourth-order valence-electron chi connectivity index (χ4n) is 2.47. The van der Waals surface area contributed by atoms with Crippen LogP contribution in [0.25, 0.3) is 0 Å². The highest BCUT2D eigenvalue weighted by Crippen LogP contribution is 2.22. The van der Waals surface area contributed by atoms with Crippen molar-refractivity contribution in [2.24, 2.45) is 0 Å². The van der Waals surface area contributed by atoms with E-state index >= 15 is 0 Å². The van der Waals surface area contributed by atoms with Gasteiger partial charge in [-0.05, 0) is 44.2 Å². The van der Waals surface area contributed by atoms with E-state index in [-0.39, 0.29) is 23.8 Å². The molecule has 1 aromatic heterocycles. The zero-order chi connectivity index (χ0) is 19.4. The molecule has 0 saturated carbocycles. The van der Waals surface area contributed by atoms with Crippen molar-refractivity contribution in [1.29, 1.82) is 0 Å². The van der Waals surface area contributed by atoms with Crippen LogP contribution in [-0.2, 0) is 18.0 Å². The first-order chi connectivity index (χ1) is 13.0. The van der Waals surface area contributed by atoms with E-state index in [1.54, 1.807) is 31.2 Å². The molecule has 0 atom stereocenters. The Labute approximate surface area is 160 Å². The van der Waals surface area contributed by atoms with Crippen LogP contribution in [0.15, 0.2) is 47.0 Å². The van der Waals surface area contributed by atoms with Crippen LogP contribution >= 0.6 is 11.6 Å². The smallest absolute Gasteiger partial charge is 0.338 e. The lowest BCUT2D eigenvalue weighted by molar-refractivity contribution is 0.0468. The maximum atomic E-state index is 13.8. The minimum absolute atomic E-state index is 0.137. The highest BCUT2D eigenvalue weighted by molar-refractivity contribution is 6.31. The highest BCUT2D eigenvalue weighted by Gasteiger charge is 2.14. The molecule has 7 heteroatoms. The molecule has 0 aliphatic rings. The number of ether oxygens (including phenoxy) is 2. The van der Waals surface area contributed by atoms with Crippen molar-refractivity contribution in [1.82, 2.24) is 5.16 Å². The SMILES string of the molecule is Cc1noc(C)c1COc1cccc(C(=O)OCc2c(F)cccc2Cl)c1. The van der Waals surface area contributed by atoms with E-state index in [0.717, 1.165) is 11.3 Å². The Morgan fingerprint density at radius 2 is 1.93 bits per heavy atom. The summed E-state index contributed by atoms with van der Waals surface area (Å²) in [5.74, 6) is 0.0576. The van der Waals surface area contributed by atoms with Crippen LogP contribution in [0.1, 0.15) is 32.9 Å². The molecule has 3 rings (SSSR count). The summed E-state index contributed by atoms with van der Waals surface area (Å²) < 4.78 is 29.7. The number of rotatable bonds is 6. The van der Waals surface area contributed by atoms with Gasteiger partial charge in [0.1, 0.15) is 30.5 Å². The maximum Gasteiger partial charge on any atom is 0.338 e. The van der Waals surface area contributed by atoms with E-state index in [1.807, 2.05) is 6.92 Å². The van der Waals surface area contributed by atoms with Gasteiger partial charge in [0.15, 0.2) is 0 Å². The Hall–Kier alpha value is -2.86. The topological polar surface area (TPSA) is 61.6 Å². The molecule has 0 aliphatic carbocycles. The number of halogens is 2. The number of carbonyl (C=O) groups excluding carboxylic acids is 1. The quantitative estimate of drug-likeness (QED) is 0.554. The standard InChI is InChI=1S/C20H17ClFNO4/c1-12-16(13(2)27-23-12)10-25-15-6-3-5-14(9-15)20(24)26-11-17-18(21)7-4-8-19(17)22/h3-9H,10-11H2,1-2H3. The lowest BCUT2D eigenvalue weighted by Crippen LogP contribution is -2.07. The van der Waals surface area contributed by atoms with E-state index in [9.17, 15) is 9.18 Å². The van der Waals surface area contributed by atoms with E-state index in [1.165, 1.54) is 18.2 Å². The molecule has 0 aliphatic heterocycles.